The Balaban J connectivity index is 2.19. The highest BCUT2D eigenvalue weighted by molar-refractivity contribution is 9.10. The number of hydrogen-bond acceptors (Lipinski definition) is 3. The average molecular weight is 448 g/mol. The smallest absolute Gasteiger partial charge is 0.244 e. The normalized spacial score (nSPS) is 12.8. The molecule has 2 rings (SSSR count). The fourth-order valence-electron chi connectivity index (χ4n) is 2.29. The van der Waals surface area contributed by atoms with E-state index in [1.54, 1.807) is 48.6 Å². The quantitative estimate of drug-likeness (QED) is 0.536. The van der Waals surface area contributed by atoms with Crippen LogP contribution >= 0.6 is 15.9 Å². The Kier molecular flexibility index (Phi) is 7.81. The van der Waals surface area contributed by atoms with Gasteiger partial charge in [0.25, 0.3) is 0 Å². The second-order valence-corrected chi connectivity index (χ2v) is 8.81. The molecule has 0 aromatic heterocycles. The second-order valence-electron chi connectivity index (χ2n) is 5.95. The number of hydrogen-bond donors (Lipinski definition) is 1. The maximum atomic E-state index is 12.9. The van der Waals surface area contributed by atoms with Gasteiger partial charge in [-0.3, -0.25) is 0 Å². The SMILES string of the molecule is C/C=C/CN(CC#CC(O)c1ccc(Br)cc1)S(=O)(=O)c1ccc(C)cc1. The van der Waals surface area contributed by atoms with Crippen molar-refractivity contribution >= 4 is 26.0 Å². The lowest BCUT2D eigenvalue weighted by atomic mass is 10.1. The molecule has 142 valence electrons. The minimum atomic E-state index is -3.67. The zero-order valence-corrected chi connectivity index (χ0v) is 17.7. The molecule has 0 saturated carbocycles. The van der Waals surface area contributed by atoms with Crippen LogP contribution in [-0.2, 0) is 10.0 Å². The van der Waals surface area contributed by atoms with Crippen LogP contribution in [0.3, 0.4) is 0 Å². The first-order valence-electron chi connectivity index (χ1n) is 8.44. The lowest BCUT2D eigenvalue weighted by molar-refractivity contribution is 0.238. The van der Waals surface area contributed by atoms with Crippen LogP contribution in [0.25, 0.3) is 0 Å². The summed E-state index contributed by atoms with van der Waals surface area (Å²) in [6, 6.07) is 13.9. The number of allylic oxidation sites excluding steroid dienone is 1. The third-order valence-electron chi connectivity index (χ3n) is 3.88. The maximum absolute atomic E-state index is 12.9. The number of sulfonamides is 1. The van der Waals surface area contributed by atoms with E-state index in [0.29, 0.717) is 5.56 Å². The molecule has 0 aliphatic carbocycles. The predicted octanol–water partition coefficient (Wildman–Crippen LogP) is 4.06. The first-order valence-corrected chi connectivity index (χ1v) is 10.7. The number of nitrogens with zero attached hydrogens (tertiary/aromatic N) is 1. The Morgan fingerprint density at radius 2 is 1.78 bits per heavy atom. The molecule has 0 aliphatic heterocycles. The Morgan fingerprint density at radius 1 is 1.15 bits per heavy atom. The largest absolute Gasteiger partial charge is 0.376 e. The minimum Gasteiger partial charge on any atom is -0.376 e. The minimum absolute atomic E-state index is 0.00582. The van der Waals surface area contributed by atoms with E-state index in [4.69, 9.17) is 0 Å². The Bertz CT molecular complexity index is 940. The maximum Gasteiger partial charge on any atom is 0.244 e. The molecule has 4 nitrogen and oxygen atoms in total. The van der Waals surface area contributed by atoms with Gasteiger partial charge in [0.1, 0.15) is 6.10 Å². The summed E-state index contributed by atoms with van der Waals surface area (Å²) >= 11 is 3.34. The highest BCUT2D eigenvalue weighted by Crippen LogP contribution is 2.18. The van der Waals surface area contributed by atoms with Gasteiger partial charge in [0.05, 0.1) is 11.4 Å². The number of benzene rings is 2. The van der Waals surface area contributed by atoms with Crippen molar-refractivity contribution in [3.63, 3.8) is 0 Å². The van der Waals surface area contributed by atoms with Crippen LogP contribution in [0.5, 0.6) is 0 Å². The summed E-state index contributed by atoms with van der Waals surface area (Å²) in [5, 5.41) is 10.2. The molecule has 1 atom stereocenters. The lowest BCUT2D eigenvalue weighted by Gasteiger charge is -2.18. The molecule has 0 aliphatic rings. The van der Waals surface area contributed by atoms with E-state index in [0.717, 1.165) is 10.0 Å². The predicted molar refractivity (Wildman–Crippen MR) is 112 cm³/mol. The number of rotatable bonds is 6. The molecule has 2 aromatic carbocycles. The number of aryl methyl sites for hydroxylation is 1. The van der Waals surface area contributed by atoms with E-state index in [-0.39, 0.29) is 18.0 Å². The molecule has 27 heavy (non-hydrogen) atoms. The van der Waals surface area contributed by atoms with Gasteiger partial charge in [-0.15, -0.1) is 0 Å². The van der Waals surface area contributed by atoms with Gasteiger partial charge in [-0.05, 0) is 43.7 Å². The van der Waals surface area contributed by atoms with Crippen molar-refractivity contribution in [1.82, 2.24) is 4.31 Å². The third kappa shape index (κ3) is 6.05. The van der Waals surface area contributed by atoms with Gasteiger partial charge < -0.3 is 5.11 Å². The Morgan fingerprint density at radius 3 is 2.37 bits per heavy atom. The molecule has 1 N–H and O–H groups in total. The van der Waals surface area contributed by atoms with Crippen molar-refractivity contribution in [1.29, 1.82) is 0 Å². The number of halogens is 1. The Hall–Kier alpha value is -1.91. The van der Waals surface area contributed by atoms with Crippen LogP contribution in [0.1, 0.15) is 24.2 Å². The van der Waals surface area contributed by atoms with Crippen molar-refractivity contribution in [3.8, 4) is 11.8 Å². The zero-order valence-electron chi connectivity index (χ0n) is 15.3. The zero-order chi connectivity index (χ0) is 19.9. The molecule has 0 bridgehead atoms. The van der Waals surface area contributed by atoms with E-state index in [9.17, 15) is 13.5 Å². The molecule has 2 aromatic rings. The van der Waals surface area contributed by atoms with Crippen molar-refractivity contribution in [3.05, 3.63) is 76.3 Å². The summed E-state index contributed by atoms with van der Waals surface area (Å²) in [7, 11) is -3.67. The van der Waals surface area contributed by atoms with Crippen LogP contribution in [0.4, 0.5) is 0 Å². The number of aliphatic hydroxyl groups is 1. The fraction of sp³-hybridized carbons (Fsp3) is 0.238. The Labute approximate surface area is 169 Å². The first-order chi connectivity index (χ1) is 12.8. The molecule has 0 radical (unpaired) electrons. The van der Waals surface area contributed by atoms with E-state index in [1.807, 2.05) is 26.0 Å². The van der Waals surface area contributed by atoms with Crippen LogP contribution in [0, 0.1) is 18.8 Å². The second kappa shape index (κ2) is 9.86. The molecule has 1 unspecified atom stereocenters. The highest BCUT2D eigenvalue weighted by atomic mass is 79.9. The molecule has 0 saturated heterocycles. The summed E-state index contributed by atoms with van der Waals surface area (Å²) in [4.78, 5) is 0.230. The molecule has 0 amide bonds. The number of aliphatic hydroxyl groups excluding tert-OH is 1. The van der Waals surface area contributed by atoms with Crippen LogP contribution in [0.15, 0.2) is 70.1 Å². The topological polar surface area (TPSA) is 57.6 Å². The van der Waals surface area contributed by atoms with E-state index in [1.165, 1.54) is 4.31 Å². The summed E-state index contributed by atoms with van der Waals surface area (Å²) in [5.74, 6) is 5.51. The van der Waals surface area contributed by atoms with Gasteiger partial charge >= 0.3 is 0 Å². The van der Waals surface area contributed by atoms with Crippen molar-refractivity contribution in [2.75, 3.05) is 13.1 Å². The van der Waals surface area contributed by atoms with E-state index < -0.39 is 16.1 Å². The van der Waals surface area contributed by atoms with E-state index >= 15 is 0 Å². The molecule has 6 heteroatoms. The van der Waals surface area contributed by atoms with Gasteiger partial charge in [0.15, 0.2) is 0 Å². The van der Waals surface area contributed by atoms with Gasteiger partial charge in [-0.25, -0.2) is 8.42 Å². The summed E-state index contributed by atoms with van der Waals surface area (Å²) < 4.78 is 28.0. The summed E-state index contributed by atoms with van der Waals surface area (Å²) in [6.07, 6.45) is 2.59. The van der Waals surface area contributed by atoms with E-state index in [2.05, 4.69) is 27.8 Å². The summed E-state index contributed by atoms with van der Waals surface area (Å²) in [5.41, 5.74) is 1.65. The van der Waals surface area contributed by atoms with Gasteiger partial charge in [0, 0.05) is 11.0 Å². The monoisotopic (exact) mass is 447 g/mol. The van der Waals surface area contributed by atoms with Gasteiger partial charge in [-0.2, -0.15) is 4.31 Å². The highest BCUT2D eigenvalue weighted by Gasteiger charge is 2.22. The fourth-order valence-corrected chi connectivity index (χ4v) is 3.85. The van der Waals surface area contributed by atoms with Crippen LogP contribution in [-0.4, -0.2) is 30.9 Å². The van der Waals surface area contributed by atoms with Crippen molar-refractivity contribution in [2.45, 2.75) is 24.8 Å². The average Bonchev–Trinajstić information content (AvgIpc) is 2.65. The van der Waals surface area contributed by atoms with Crippen LogP contribution < -0.4 is 0 Å². The molecule has 0 fully saturated rings. The van der Waals surface area contributed by atoms with Crippen molar-refractivity contribution < 1.29 is 13.5 Å². The molecular weight excluding hydrogens is 426 g/mol. The molecule has 0 spiro atoms. The van der Waals surface area contributed by atoms with Gasteiger partial charge in [-0.1, -0.05) is 69.8 Å². The summed E-state index contributed by atoms with van der Waals surface area (Å²) in [6.45, 7) is 3.95. The first kappa shape index (κ1) is 21.4. The molecular formula is C21H22BrNO3S. The lowest BCUT2D eigenvalue weighted by Crippen LogP contribution is -2.31. The third-order valence-corrected chi connectivity index (χ3v) is 6.24. The standard InChI is InChI=1S/C21H22BrNO3S/c1-3-4-15-23(27(25,26)20-13-7-17(2)8-14-20)16-5-6-21(24)18-9-11-19(22)12-10-18/h3-4,7-14,21,24H,15-16H2,1-2H3/b4-3+. The molecule has 0 heterocycles. The van der Waals surface area contributed by atoms with Gasteiger partial charge in [0.2, 0.25) is 10.0 Å². The van der Waals surface area contributed by atoms with Crippen molar-refractivity contribution in [2.24, 2.45) is 0 Å². The van der Waals surface area contributed by atoms with Crippen LogP contribution in [0.2, 0.25) is 0 Å².